The average Bonchev–Trinajstić information content (AvgIpc) is 2.34. The van der Waals surface area contributed by atoms with E-state index in [2.05, 4.69) is 10.2 Å². The maximum Gasteiger partial charge on any atom is 0.326 e. The Morgan fingerprint density at radius 3 is 2.67 bits per heavy atom. The number of carbonyl (C=O) groups is 2. The molecule has 0 aromatic rings. The molecule has 1 fully saturated rings. The summed E-state index contributed by atoms with van der Waals surface area (Å²) in [6, 6.07) is -0.863. The van der Waals surface area contributed by atoms with Crippen molar-refractivity contribution in [3.05, 3.63) is 0 Å². The summed E-state index contributed by atoms with van der Waals surface area (Å²) in [7, 11) is 0. The highest BCUT2D eigenvalue weighted by molar-refractivity contribution is 5.86. The Kier molecular flexibility index (Phi) is 5.55. The molecular weight excluding hydrogens is 236 g/mol. The standard InChI is InChI=1S/C12H22N2O4/c1-4-14-5-6-18-9(7-14)11(15)13-10(8(2)3)12(16)17/h8-10H,4-7H2,1-3H3,(H,13,15)(H,16,17)/t9?,10-/m0/s1. The second-order valence-corrected chi connectivity index (χ2v) is 4.82. The van der Waals surface area contributed by atoms with Gasteiger partial charge in [-0.15, -0.1) is 0 Å². The first-order valence-corrected chi connectivity index (χ1v) is 6.32. The number of carboxylic acids is 1. The molecule has 2 N–H and O–H groups in total. The van der Waals surface area contributed by atoms with Gasteiger partial charge in [0.1, 0.15) is 12.1 Å². The normalized spacial score (nSPS) is 22.8. The van der Waals surface area contributed by atoms with Crippen LogP contribution in [0.2, 0.25) is 0 Å². The van der Waals surface area contributed by atoms with Crippen LogP contribution in [0.4, 0.5) is 0 Å². The van der Waals surface area contributed by atoms with Gasteiger partial charge >= 0.3 is 5.97 Å². The predicted octanol–water partition coefficient (Wildman–Crippen LogP) is -0.0675. The van der Waals surface area contributed by atoms with E-state index in [1.54, 1.807) is 13.8 Å². The third-order valence-electron chi connectivity index (χ3n) is 3.12. The first-order chi connectivity index (χ1) is 8.45. The Bertz CT molecular complexity index is 306. The number of hydrogen-bond donors (Lipinski definition) is 2. The van der Waals surface area contributed by atoms with Gasteiger partial charge in [0.25, 0.3) is 5.91 Å². The number of rotatable bonds is 5. The predicted molar refractivity (Wildman–Crippen MR) is 66.3 cm³/mol. The zero-order valence-corrected chi connectivity index (χ0v) is 11.2. The largest absolute Gasteiger partial charge is 0.480 e. The maximum absolute atomic E-state index is 12.0. The van der Waals surface area contributed by atoms with Gasteiger partial charge in [-0.1, -0.05) is 20.8 Å². The molecule has 1 aliphatic rings. The third kappa shape index (κ3) is 3.96. The van der Waals surface area contributed by atoms with Crippen molar-refractivity contribution in [2.75, 3.05) is 26.2 Å². The van der Waals surface area contributed by atoms with Crippen LogP contribution >= 0.6 is 0 Å². The van der Waals surface area contributed by atoms with E-state index < -0.39 is 18.1 Å². The first kappa shape index (κ1) is 14.9. The zero-order chi connectivity index (χ0) is 13.7. The number of hydrogen-bond acceptors (Lipinski definition) is 4. The molecule has 0 saturated carbocycles. The first-order valence-electron chi connectivity index (χ1n) is 6.32. The number of nitrogens with one attached hydrogen (secondary N) is 1. The minimum Gasteiger partial charge on any atom is -0.480 e. The second-order valence-electron chi connectivity index (χ2n) is 4.82. The van der Waals surface area contributed by atoms with Crippen molar-refractivity contribution in [2.45, 2.75) is 32.9 Å². The Balaban J connectivity index is 2.55. The minimum absolute atomic E-state index is 0.155. The Hall–Kier alpha value is -1.14. The van der Waals surface area contributed by atoms with E-state index >= 15 is 0 Å². The third-order valence-corrected chi connectivity index (χ3v) is 3.12. The lowest BCUT2D eigenvalue weighted by Crippen LogP contribution is -2.54. The quantitative estimate of drug-likeness (QED) is 0.722. The van der Waals surface area contributed by atoms with Crippen molar-refractivity contribution >= 4 is 11.9 Å². The fourth-order valence-electron chi connectivity index (χ4n) is 1.91. The summed E-state index contributed by atoms with van der Waals surface area (Å²) in [6.07, 6.45) is -0.570. The number of morpholine rings is 1. The van der Waals surface area contributed by atoms with Crippen LogP contribution in [-0.4, -0.2) is 60.3 Å². The molecular formula is C12H22N2O4. The molecule has 0 bridgehead atoms. The minimum atomic E-state index is -1.01. The van der Waals surface area contributed by atoms with Gasteiger partial charge in [-0.05, 0) is 12.5 Å². The van der Waals surface area contributed by atoms with Crippen LogP contribution in [0.5, 0.6) is 0 Å². The number of carboxylic acid groups (broad SMARTS) is 1. The summed E-state index contributed by atoms with van der Waals surface area (Å²) >= 11 is 0. The van der Waals surface area contributed by atoms with Crippen LogP contribution < -0.4 is 5.32 Å². The number of amides is 1. The van der Waals surface area contributed by atoms with Crippen molar-refractivity contribution in [3.63, 3.8) is 0 Å². The van der Waals surface area contributed by atoms with Crippen LogP contribution in [0.1, 0.15) is 20.8 Å². The molecule has 0 aromatic carbocycles. The smallest absolute Gasteiger partial charge is 0.326 e. The summed E-state index contributed by atoms with van der Waals surface area (Å²) in [5, 5.41) is 11.6. The topological polar surface area (TPSA) is 78.9 Å². The summed E-state index contributed by atoms with van der Waals surface area (Å²) in [6.45, 7) is 8.25. The van der Waals surface area contributed by atoms with Gasteiger partial charge in [-0.3, -0.25) is 9.69 Å². The molecule has 1 heterocycles. The van der Waals surface area contributed by atoms with Crippen LogP contribution in [0.25, 0.3) is 0 Å². The van der Waals surface area contributed by atoms with Gasteiger partial charge in [0.2, 0.25) is 0 Å². The molecule has 1 saturated heterocycles. The molecule has 2 atom stereocenters. The zero-order valence-electron chi connectivity index (χ0n) is 11.2. The van der Waals surface area contributed by atoms with Crippen molar-refractivity contribution in [3.8, 4) is 0 Å². The van der Waals surface area contributed by atoms with E-state index in [-0.39, 0.29) is 11.8 Å². The van der Waals surface area contributed by atoms with Crippen LogP contribution in [-0.2, 0) is 14.3 Å². The highest BCUT2D eigenvalue weighted by atomic mass is 16.5. The molecule has 1 unspecified atom stereocenters. The molecule has 104 valence electrons. The van der Waals surface area contributed by atoms with Gasteiger partial charge in [0, 0.05) is 13.1 Å². The Morgan fingerprint density at radius 2 is 2.17 bits per heavy atom. The van der Waals surface area contributed by atoms with E-state index in [0.29, 0.717) is 13.2 Å². The van der Waals surface area contributed by atoms with Crippen molar-refractivity contribution in [1.29, 1.82) is 0 Å². The average molecular weight is 258 g/mol. The number of ether oxygens (including phenoxy) is 1. The van der Waals surface area contributed by atoms with Gasteiger partial charge in [-0.25, -0.2) is 4.79 Å². The lowest BCUT2D eigenvalue weighted by Gasteiger charge is -2.32. The maximum atomic E-state index is 12.0. The second kappa shape index (κ2) is 6.70. The summed E-state index contributed by atoms with van der Waals surface area (Å²) in [5.74, 6) is -1.51. The van der Waals surface area contributed by atoms with E-state index in [9.17, 15) is 9.59 Å². The lowest BCUT2D eigenvalue weighted by atomic mass is 10.0. The fraction of sp³-hybridized carbons (Fsp3) is 0.833. The Morgan fingerprint density at radius 1 is 1.50 bits per heavy atom. The van der Waals surface area contributed by atoms with Crippen molar-refractivity contribution in [2.24, 2.45) is 5.92 Å². The molecule has 6 nitrogen and oxygen atoms in total. The van der Waals surface area contributed by atoms with E-state index in [0.717, 1.165) is 13.1 Å². The lowest BCUT2D eigenvalue weighted by molar-refractivity contribution is -0.147. The van der Waals surface area contributed by atoms with E-state index in [1.165, 1.54) is 0 Å². The number of nitrogens with zero attached hydrogens (tertiary/aromatic N) is 1. The molecule has 0 radical (unpaired) electrons. The van der Waals surface area contributed by atoms with Crippen LogP contribution in [0.3, 0.4) is 0 Å². The molecule has 0 aliphatic carbocycles. The van der Waals surface area contributed by atoms with E-state index in [4.69, 9.17) is 9.84 Å². The summed E-state index contributed by atoms with van der Waals surface area (Å²) in [5.41, 5.74) is 0. The van der Waals surface area contributed by atoms with Gasteiger partial charge in [-0.2, -0.15) is 0 Å². The van der Waals surface area contributed by atoms with Gasteiger partial charge < -0.3 is 15.2 Å². The highest BCUT2D eigenvalue weighted by Crippen LogP contribution is 2.07. The number of aliphatic carboxylic acids is 1. The van der Waals surface area contributed by atoms with Gasteiger partial charge in [0.15, 0.2) is 0 Å². The molecule has 18 heavy (non-hydrogen) atoms. The molecule has 1 amide bonds. The number of carbonyl (C=O) groups excluding carboxylic acids is 1. The SMILES string of the molecule is CCN1CCOC(C(=O)N[C@H](C(=O)O)C(C)C)C1. The van der Waals surface area contributed by atoms with Crippen molar-refractivity contribution in [1.82, 2.24) is 10.2 Å². The summed E-state index contributed by atoms with van der Waals surface area (Å²) < 4.78 is 5.39. The summed E-state index contributed by atoms with van der Waals surface area (Å²) in [4.78, 5) is 25.1. The van der Waals surface area contributed by atoms with E-state index in [1.807, 2.05) is 6.92 Å². The fourth-order valence-corrected chi connectivity index (χ4v) is 1.91. The van der Waals surface area contributed by atoms with Crippen LogP contribution in [0, 0.1) is 5.92 Å². The molecule has 6 heteroatoms. The van der Waals surface area contributed by atoms with Crippen molar-refractivity contribution < 1.29 is 19.4 Å². The highest BCUT2D eigenvalue weighted by Gasteiger charge is 2.30. The molecule has 0 spiro atoms. The Labute approximate surface area is 107 Å². The van der Waals surface area contributed by atoms with Gasteiger partial charge in [0.05, 0.1) is 6.61 Å². The molecule has 1 aliphatic heterocycles. The molecule has 1 rings (SSSR count). The van der Waals surface area contributed by atoms with Crippen LogP contribution in [0.15, 0.2) is 0 Å². The molecule has 0 aromatic heterocycles. The monoisotopic (exact) mass is 258 g/mol. The number of likely N-dealkylation sites (N-methyl/N-ethyl adjacent to an activating group) is 1.